The predicted molar refractivity (Wildman–Crippen MR) is 240 cm³/mol. The van der Waals surface area contributed by atoms with Crippen LogP contribution in [0.4, 0.5) is 17.1 Å². The van der Waals surface area contributed by atoms with Crippen LogP contribution in [0.3, 0.4) is 0 Å². The molecule has 0 amide bonds. The first-order chi connectivity index (χ1) is 28.8. The largest absolute Gasteiger partial charge is 0.309 e. The molecular formula is C54H36N4. The fourth-order valence-corrected chi connectivity index (χ4v) is 8.52. The minimum Gasteiger partial charge on any atom is -0.309 e. The number of hydrogen-bond acceptors (Lipinski definition) is 3. The molecule has 0 saturated heterocycles. The summed E-state index contributed by atoms with van der Waals surface area (Å²) in [4.78, 5) is 12.6. The number of anilines is 3. The van der Waals surface area contributed by atoms with E-state index in [9.17, 15) is 0 Å². The van der Waals surface area contributed by atoms with Gasteiger partial charge in [-0.25, -0.2) is 9.97 Å². The normalized spacial score (nSPS) is 11.8. The van der Waals surface area contributed by atoms with Crippen molar-refractivity contribution >= 4 is 28.0 Å². The monoisotopic (exact) mass is 740 g/mol. The van der Waals surface area contributed by atoms with Crippen LogP contribution in [0.25, 0.3) is 84.0 Å². The molecule has 0 bridgehead atoms. The third kappa shape index (κ3) is 5.70. The van der Waals surface area contributed by atoms with Crippen LogP contribution < -0.4 is 4.90 Å². The number of para-hydroxylation sites is 4. The Kier molecular flexibility index (Phi) is 8.11. The third-order valence-corrected chi connectivity index (χ3v) is 11.1. The van der Waals surface area contributed by atoms with Gasteiger partial charge >= 0.3 is 0 Å². The molecule has 1 aliphatic heterocycles. The van der Waals surface area contributed by atoms with E-state index in [0.29, 0.717) is 5.82 Å². The Bertz CT molecular complexity index is 3060. The summed E-state index contributed by atoms with van der Waals surface area (Å²) in [5.74, 6) is 0.706. The Morgan fingerprint density at radius 2 is 0.862 bits per heavy atom. The predicted octanol–water partition coefficient (Wildman–Crippen LogP) is 14.2. The SMILES string of the molecule is c1ccc(-c2cc(-c3cccc(-c4cccc(-n5c6c(c7ccccc75)-c5ccccc5N(c5ccccc5)c5ccccc5-6)c4)c3)nc(-c3ccccc3)n2)cc1. The summed E-state index contributed by atoms with van der Waals surface area (Å²) in [6, 6.07) is 77.5. The van der Waals surface area contributed by atoms with Crippen LogP contribution >= 0.6 is 0 Å². The highest BCUT2D eigenvalue weighted by Crippen LogP contribution is 2.54. The number of nitrogens with zero attached hydrogens (tertiary/aromatic N) is 4. The lowest BCUT2D eigenvalue weighted by Gasteiger charge is -2.27. The number of hydrogen-bond donors (Lipinski definition) is 0. The Morgan fingerprint density at radius 1 is 0.345 bits per heavy atom. The molecule has 8 aromatic carbocycles. The third-order valence-electron chi connectivity index (χ3n) is 11.1. The summed E-state index contributed by atoms with van der Waals surface area (Å²) in [6.45, 7) is 0. The van der Waals surface area contributed by atoms with Crippen molar-refractivity contribution in [3.05, 3.63) is 218 Å². The van der Waals surface area contributed by atoms with E-state index in [1.807, 2.05) is 24.3 Å². The van der Waals surface area contributed by atoms with Crippen LogP contribution in [0.5, 0.6) is 0 Å². The molecule has 2 aromatic heterocycles. The highest BCUT2D eigenvalue weighted by molar-refractivity contribution is 6.13. The van der Waals surface area contributed by atoms with E-state index < -0.39 is 0 Å². The molecule has 0 aliphatic carbocycles. The summed E-state index contributed by atoms with van der Waals surface area (Å²) in [5.41, 5.74) is 17.6. The van der Waals surface area contributed by atoms with Crippen molar-refractivity contribution in [2.45, 2.75) is 0 Å². The van der Waals surface area contributed by atoms with Gasteiger partial charge in [0, 0.05) is 50.1 Å². The van der Waals surface area contributed by atoms with Gasteiger partial charge in [-0.2, -0.15) is 0 Å². The van der Waals surface area contributed by atoms with Crippen molar-refractivity contribution in [3.8, 4) is 73.1 Å². The van der Waals surface area contributed by atoms with E-state index in [1.54, 1.807) is 0 Å². The molecule has 4 heteroatoms. The maximum absolute atomic E-state index is 5.13. The Labute approximate surface area is 337 Å². The smallest absolute Gasteiger partial charge is 0.160 e. The molecule has 0 unspecified atom stereocenters. The lowest BCUT2D eigenvalue weighted by Crippen LogP contribution is -2.11. The zero-order valence-corrected chi connectivity index (χ0v) is 31.6. The summed E-state index contributed by atoms with van der Waals surface area (Å²) >= 11 is 0. The first kappa shape index (κ1) is 33.5. The second-order valence-electron chi connectivity index (χ2n) is 14.6. The van der Waals surface area contributed by atoms with Gasteiger partial charge in [-0.1, -0.05) is 164 Å². The zero-order chi connectivity index (χ0) is 38.4. The van der Waals surface area contributed by atoms with E-state index in [2.05, 4.69) is 204 Å². The van der Waals surface area contributed by atoms with Crippen molar-refractivity contribution in [2.75, 3.05) is 4.90 Å². The fraction of sp³-hybridized carbons (Fsp3) is 0. The van der Waals surface area contributed by atoms with Gasteiger partial charge in [0.15, 0.2) is 5.82 Å². The van der Waals surface area contributed by atoms with Crippen LogP contribution in [0.1, 0.15) is 0 Å². The summed E-state index contributed by atoms with van der Waals surface area (Å²) in [6.07, 6.45) is 0. The van der Waals surface area contributed by atoms with Gasteiger partial charge in [0.25, 0.3) is 0 Å². The van der Waals surface area contributed by atoms with Crippen molar-refractivity contribution in [1.29, 1.82) is 0 Å². The highest BCUT2D eigenvalue weighted by Gasteiger charge is 2.31. The van der Waals surface area contributed by atoms with Crippen molar-refractivity contribution in [1.82, 2.24) is 14.5 Å². The molecule has 0 fully saturated rings. The molecule has 0 atom stereocenters. The molecule has 0 spiro atoms. The molecular weight excluding hydrogens is 705 g/mol. The van der Waals surface area contributed by atoms with Gasteiger partial charge < -0.3 is 9.47 Å². The van der Waals surface area contributed by atoms with Crippen molar-refractivity contribution < 1.29 is 0 Å². The maximum Gasteiger partial charge on any atom is 0.160 e. The minimum atomic E-state index is 0.706. The van der Waals surface area contributed by atoms with E-state index >= 15 is 0 Å². The molecule has 11 rings (SSSR count). The van der Waals surface area contributed by atoms with Crippen LogP contribution in [0.15, 0.2) is 218 Å². The Morgan fingerprint density at radius 3 is 1.62 bits per heavy atom. The van der Waals surface area contributed by atoms with Crippen molar-refractivity contribution in [2.24, 2.45) is 0 Å². The first-order valence-electron chi connectivity index (χ1n) is 19.7. The molecule has 0 saturated carbocycles. The summed E-state index contributed by atoms with van der Waals surface area (Å²) in [5, 5.41) is 1.22. The van der Waals surface area contributed by atoms with E-state index in [1.165, 1.54) is 33.3 Å². The van der Waals surface area contributed by atoms with E-state index in [0.717, 1.165) is 62.0 Å². The lowest BCUT2D eigenvalue weighted by molar-refractivity contribution is 1.13. The van der Waals surface area contributed by atoms with Gasteiger partial charge in [-0.15, -0.1) is 0 Å². The summed E-state index contributed by atoms with van der Waals surface area (Å²) in [7, 11) is 0. The average Bonchev–Trinajstić information content (AvgIpc) is 3.59. The number of rotatable bonds is 6. The Hall–Kier alpha value is -7.82. The van der Waals surface area contributed by atoms with Gasteiger partial charge in [0.1, 0.15) is 0 Å². The lowest BCUT2D eigenvalue weighted by atomic mass is 9.98. The van der Waals surface area contributed by atoms with Crippen molar-refractivity contribution in [3.63, 3.8) is 0 Å². The van der Waals surface area contributed by atoms with Gasteiger partial charge in [0.05, 0.1) is 34.0 Å². The second kappa shape index (κ2) is 14.0. The van der Waals surface area contributed by atoms with Crippen LogP contribution in [0.2, 0.25) is 0 Å². The molecule has 0 N–H and O–H groups in total. The maximum atomic E-state index is 5.13. The van der Waals surface area contributed by atoms with Gasteiger partial charge in [-0.05, 0) is 65.7 Å². The number of benzene rings is 8. The highest BCUT2D eigenvalue weighted by atomic mass is 15.2. The standard InChI is InChI=1S/C54H36N4/c1-4-18-37(19-5-1)47-36-48(56-54(55-47)38-20-6-2-7-21-38)41-24-16-22-39(34-41)40-23-17-27-43(35-40)58-50-32-14-11-29-45(50)52-44-28-10-13-31-49(44)57(42-25-8-3-9-26-42)51-33-15-12-30-46(51)53(52)58/h1-36H. The molecule has 10 aromatic rings. The molecule has 58 heavy (non-hydrogen) atoms. The average molecular weight is 741 g/mol. The minimum absolute atomic E-state index is 0.706. The van der Waals surface area contributed by atoms with Crippen LogP contribution in [-0.4, -0.2) is 14.5 Å². The number of fused-ring (bicyclic) bond motifs is 7. The van der Waals surface area contributed by atoms with E-state index in [4.69, 9.17) is 9.97 Å². The quantitative estimate of drug-likeness (QED) is 0.170. The zero-order valence-electron chi connectivity index (χ0n) is 31.6. The molecule has 1 aliphatic rings. The fourth-order valence-electron chi connectivity index (χ4n) is 8.52. The van der Waals surface area contributed by atoms with Gasteiger partial charge in [-0.3, -0.25) is 0 Å². The number of aromatic nitrogens is 3. The molecule has 4 nitrogen and oxygen atoms in total. The Balaban J connectivity index is 1.09. The topological polar surface area (TPSA) is 34.0 Å². The molecule has 3 heterocycles. The molecule has 0 radical (unpaired) electrons. The van der Waals surface area contributed by atoms with Gasteiger partial charge in [0.2, 0.25) is 0 Å². The van der Waals surface area contributed by atoms with Crippen LogP contribution in [-0.2, 0) is 0 Å². The van der Waals surface area contributed by atoms with E-state index in [-0.39, 0.29) is 0 Å². The summed E-state index contributed by atoms with van der Waals surface area (Å²) < 4.78 is 2.46. The molecule has 272 valence electrons. The first-order valence-corrected chi connectivity index (χ1v) is 19.7. The second-order valence-corrected chi connectivity index (χ2v) is 14.6. The van der Waals surface area contributed by atoms with Crippen LogP contribution in [0, 0.1) is 0 Å².